The molecular formula is C14H27F3N2. The van der Waals surface area contributed by atoms with Gasteiger partial charge in [-0.25, -0.2) is 0 Å². The average molecular weight is 280 g/mol. The van der Waals surface area contributed by atoms with Gasteiger partial charge in [0.05, 0.1) is 0 Å². The minimum atomic E-state index is -4.01. The second-order valence-electron chi connectivity index (χ2n) is 5.89. The number of piperidine rings is 1. The van der Waals surface area contributed by atoms with E-state index in [0.717, 1.165) is 32.1 Å². The van der Waals surface area contributed by atoms with Gasteiger partial charge in [0.1, 0.15) is 0 Å². The van der Waals surface area contributed by atoms with Gasteiger partial charge in [0, 0.05) is 25.6 Å². The Morgan fingerprint density at radius 2 is 1.89 bits per heavy atom. The highest BCUT2D eigenvalue weighted by atomic mass is 19.4. The van der Waals surface area contributed by atoms with Crippen molar-refractivity contribution in [2.75, 3.05) is 26.2 Å². The SMILES string of the molecule is CC1CCN(CCNC(C)CCCC(F)(F)F)CC1. The molecule has 0 aliphatic carbocycles. The fourth-order valence-corrected chi connectivity index (χ4v) is 2.47. The molecule has 0 aromatic rings. The molecule has 0 amide bonds. The Hall–Kier alpha value is -0.290. The number of nitrogens with zero attached hydrogens (tertiary/aromatic N) is 1. The first-order valence-electron chi connectivity index (χ1n) is 7.39. The van der Waals surface area contributed by atoms with E-state index in [-0.39, 0.29) is 12.5 Å². The van der Waals surface area contributed by atoms with Crippen LogP contribution < -0.4 is 5.32 Å². The second-order valence-corrected chi connectivity index (χ2v) is 5.89. The topological polar surface area (TPSA) is 15.3 Å². The number of rotatable bonds is 7. The summed E-state index contributed by atoms with van der Waals surface area (Å²) in [6.07, 6.45) is -1.33. The van der Waals surface area contributed by atoms with Gasteiger partial charge < -0.3 is 10.2 Å². The molecule has 1 atom stereocenters. The van der Waals surface area contributed by atoms with Gasteiger partial charge in [-0.15, -0.1) is 0 Å². The van der Waals surface area contributed by atoms with Crippen molar-refractivity contribution in [3.63, 3.8) is 0 Å². The molecule has 1 heterocycles. The normalized spacial score (nSPS) is 20.7. The van der Waals surface area contributed by atoms with Crippen molar-refractivity contribution in [2.24, 2.45) is 5.92 Å². The number of nitrogens with one attached hydrogen (secondary N) is 1. The van der Waals surface area contributed by atoms with Gasteiger partial charge in [-0.1, -0.05) is 6.92 Å². The molecule has 1 saturated heterocycles. The molecule has 0 bridgehead atoms. The lowest BCUT2D eigenvalue weighted by Crippen LogP contribution is -2.39. The summed E-state index contributed by atoms with van der Waals surface area (Å²) in [6.45, 7) is 8.46. The number of hydrogen-bond donors (Lipinski definition) is 1. The first-order chi connectivity index (χ1) is 8.87. The molecule has 19 heavy (non-hydrogen) atoms. The number of halogens is 3. The Bertz CT molecular complexity index is 235. The molecule has 114 valence electrons. The van der Waals surface area contributed by atoms with Crippen LogP contribution in [0.5, 0.6) is 0 Å². The predicted molar refractivity (Wildman–Crippen MR) is 72.2 cm³/mol. The molecule has 1 N–H and O–H groups in total. The van der Waals surface area contributed by atoms with Crippen LogP contribution >= 0.6 is 0 Å². The van der Waals surface area contributed by atoms with Crippen LogP contribution in [0.2, 0.25) is 0 Å². The van der Waals surface area contributed by atoms with Crippen LogP contribution in [0.4, 0.5) is 13.2 Å². The van der Waals surface area contributed by atoms with Crippen LogP contribution in [0.25, 0.3) is 0 Å². The zero-order chi connectivity index (χ0) is 14.3. The highest BCUT2D eigenvalue weighted by molar-refractivity contribution is 4.71. The molecule has 1 fully saturated rings. The second kappa shape index (κ2) is 8.10. The van der Waals surface area contributed by atoms with E-state index < -0.39 is 12.6 Å². The van der Waals surface area contributed by atoms with E-state index in [9.17, 15) is 13.2 Å². The van der Waals surface area contributed by atoms with E-state index in [1.165, 1.54) is 12.8 Å². The van der Waals surface area contributed by atoms with E-state index in [1.54, 1.807) is 0 Å². The van der Waals surface area contributed by atoms with Crippen molar-refractivity contribution in [3.05, 3.63) is 0 Å². The predicted octanol–water partition coefficient (Wildman–Crippen LogP) is 3.43. The van der Waals surface area contributed by atoms with E-state index in [0.29, 0.717) is 6.42 Å². The maximum Gasteiger partial charge on any atom is 0.389 e. The van der Waals surface area contributed by atoms with Gasteiger partial charge in [-0.05, 0) is 51.6 Å². The summed E-state index contributed by atoms with van der Waals surface area (Å²) < 4.78 is 36.0. The third-order valence-corrected chi connectivity index (χ3v) is 3.89. The Morgan fingerprint density at radius 3 is 2.47 bits per heavy atom. The van der Waals surface area contributed by atoms with Crippen LogP contribution in [-0.4, -0.2) is 43.3 Å². The Balaban J connectivity index is 1.99. The van der Waals surface area contributed by atoms with Crippen LogP contribution in [0.15, 0.2) is 0 Å². The maximum absolute atomic E-state index is 12.0. The minimum Gasteiger partial charge on any atom is -0.313 e. The molecule has 5 heteroatoms. The first-order valence-corrected chi connectivity index (χ1v) is 7.39. The van der Waals surface area contributed by atoms with E-state index in [1.807, 2.05) is 6.92 Å². The number of hydrogen-bond acceptors (Lipinski definition) is 2. The van der Waals surface area contributed by atoms with Crippen LogP contribution in [0.3, 0.4) is 0 Å². The summed E-state index contributed by atoms with van der Waals surface area (Å²) in [7, 11) is 0. The molecule has 0 saturated carbocycles. The summed E-state index contributed by atoms with van der Waals surface area (Å²) in [5.74, 6) is 0.838. The third-order valence-electron chi connectivity index (χ3n) is 3.89. The highest BCUT2D eigenvalue weighted by Crippen LogP contribution is 2.22. The standard InChI is InChI=1S/C14H27F3N2/c1-12-5-9-19(10-6-12)11-8-18-13(2)4-3-7-14(15,16)17/h12-13,18H,3-11H2,1-2H3. The lowest BCUT2D eigenvalue weighted by molar-refractivity contribution is -0.135. The molecule has 0 aromatic heterocycles. The number of likely N-dealkylation sites (tertiary alicyclic amines) is 1. The van der Waals surface area contributed by atoms with Crippen LogP contribution in [0.1, 0.15) is 46.0 Å². The van der Waals surface area contributed by atoms with E-state index in [2.05, 4.69) is 17.1 Å². The van der Waals surface area contributed by atoms with Crippen molar-refractivity contribution in [1.82, 2.24) is 10.2 Å². The van der Waals surface area contributed by atoms with Crippen LogP contribution in [-0.2, 0) is 0 Å². The maximum atomic E-state index is 12.0. The molecule has 2 nitrogen and oxygen atoms in total. The lowest BCUT2D eigenvalue weighted by Gasteiger charge is -2.30. The average Bonchev–Trinajstić information content (AvgIpc) is 2.30. The molecule has 1 aliphatic heterocycles. The molecular weight excluding hydrogens is 253 g/mol. The minimum absolute atomic E-state index is 0.172. The van der Waals surface area contributed by atoms with Crippen molar-refractivity contribution >= 4 is 0 Å². The third kappa shape index (κ3) is 8.47. The summed E-state index contributed by atoms with van der Waals surface area (Å²) in [4.78, 5) is 2.44. The largest absolute Gasteiger partial charge is 0.389 e. The molecule has 0 radical (unpaired) electrons. The van der Waals surface area contributed by atoms with E-state index >= 15 is 0 Å². The summed E-state index contributed by atoms with van der Waals surface area (Å²) >= 11 is 0. The monoisotopic (exact) mass is 280 g/mol. The van der Waals surface area contributed by atoms with Gasteiger partial charge in [-0.3, -0.25) is 0 Å². The molecule has 1 rings (SSSR count). The summed E-state index contributed by atoms with van der Waals surface area (Å²) in [6, 6.07) is 0.172. The lowest BCUT2D eigenvalue weighted by atomic mass is 9.99. The molecule has 1 aliphatic rings. The zero-order valence-electron chi connectivity index (χ0n) is 12.1. The van der Waals surface area contributed by atoms with Crippen molar-refractivity contribution < 1.29 is 13.2 Å². The molecule has 0 aromatic carbocycles. The van der Waals surface area contributed by atoms with Gasteiger partial charge >= 0.3 is 6.18 Å². The Labute approximate surface area is 114 Å². The smallest absolute Gasteiger partial charge is 0.313 e. The van der Waals surface area contributed by atoms with Crippen molar-refractivity contribution in [2.45, 2.75) is 58.2 Å². The first kappa shape index (κ1) is 16.8. The van der Waals surface area contributed by atoms with Gasteiger partial charge in [0.15, 0.2) is 0 Å². The fraction of sp³-hybridized carbons (Fsp3) is 1.00. The van der Waals surface area contributed by atoms with Crippen molar-refractivity contribution in [1.29, 1.82) is 0 Å². The zero-order valence-corrected chi connectivity index (χ0v) is 12.1. The van der Waals surface area contributed by atoms with E-state index in [4.69, 9.17) is 0 Å². The highest BCUT2D eigenvalue weighted by Gasteiger charge is 2.26. The molecule has 0 spiro atoms. The van der Waals surface area contributed by atoms with Gasteiger partial charge in [0.25, 0.3) is 0 Å². The van der Waals surface area contributed by atoms with Crippen molar-refractivity contribution in [3.8, 4) is 0 Å². The van der Waals surface area contributed by atoms with Gasteiger partial charge in [0.2, 0.25) is 0 Å². The Kier molecular flexibility index (Phi) is 7.15. The quantitative estimate of drug-likeness (QED) is 0.768. The number of alkyl halides is 3. The molecule has 1 unspecified atom stereocenters. The summed E-state index contributed by atoms with van der Waals surface area (Å²) in [5, 5.41) is 3.32. The fourth-order valence-electron chi connectivity index (χ4n) is 2.47. The van der Waals surface area contributed by atoms with Crippen LogP contribution in [0, 0.1) is 5.92 Å². The summed E-state index contributed by atoms with van der Waals surface area (Å²) in [5.41, 5.74) is 0. The van der Waals surface area contributed by atoms with Gasteiger partial charge in [-0.2, -0.15) is 13.2 Å². The Morgan fingerprint density at radius 1 is 1.26 bits per heavy atom.